The van der Waals surface area contributed by atoms with E-state index in [2.05, 4.69) is 4.98 Å². The fraction of sp³-hybridized carbons (Fsp3) is 0.500. The molecule has 0 bridgehead atoms. The molecule has 0 amide bonds. The predicted octanol–water partition coefficient (Wildman–Crippen LogP) is 1.63. The molecule has 0 spiro atoms. The van der Waals surface area contributed by atoms with E-state index in [1.165, 1.54) is 19.2 Å². The lowest BCUT2D eigenvalue weighted by Crippen LogP contribution is -2.44. The van der Waals surface area contributed by atoms with Gasteiger partial charge in [-0.2, -0.15) is 17.9 Å². The fourth-order valence-electron chi connectivity index (χ4n) is 1.11. The Morgan fingerprint density at radius 2 is 2.12 bits per heavy atom. The molecular weight excluding hydrogens is 245 g/mol. The Bertz CT molecular complexity index is 425. The third-order valence-electron chi connectivity index (χ3n) is 1.98. The van der Waals surface area contributed by atoms with Crippen LogP contribution in [-0.4, -0.2) is 25.6 Å². The summed E-state index contributed by atoms with van der Waals surface area (Å²) in [6.07, 6.45) is -2.50. The molecule has 0 aromatic carbocycles. The molecule has 16 heavy (non-hydrogen) atoms. The number of H-pyrrole nitrogens is 1. The van der Waals surface area contributed by atoms with Crippen LogP contribution in [0.15, 0.2) is 23.4 Å². The molecule has 0 saturated heterocycles. The van der Waals surface area contributed by atoms with Crippen molar-refractivity contribution in [3.05, 3.63) is 18.5 Å². The van der Waals surface area contributed by atoms with Crippen molar-refractivity contribution < 1.29 is 21.6 Å². The van der Waals surface area contributed by atoms with Crippen LogP contribution < -0.4 is 4.72 Å². The van der Waals surface area contributed by atoms with Gasteiger partial charge in [-0.25, -0.2) is 8.42 Å². The molecule has 0 fully saturated rings. The van der Waals surface area contributed by atoms with Gasteiger partial charge in [0, 0.05) is 12.4 Å². The summed E-state index contributed by atoms with van der Waals surface area (Å²) in [7, 11) is -4.11. The maximum atomic E-state index is 12.4. The van der Waals surface area contributed by atoms with Gasteiger partial charge in [-0.1, -0.05) is 6.92 Å². The second-order valence-electron chi connectivity index (χ2n) is 3.17. The summed E-state index contributed by atoms with van der Waals surface area (Å²) < 4.78 is 61.6. The highest BCUT2D eigenvalue weighted by Crippen LogP contribution is 2.23. The van der Waals surface area contributed by atoms with Gasteiger partial charge in [0.2, 0.25) is 10.0 Å². The molecule has 0 radical (unpaired) electrons. The standard InChI is InChI=1S/C8H11F3N2O2S/c1-2-7(8(9,10)11)13-16(14,15)6-3-4-12-5-6/h3-5,7,12-13H,2H2,1H3. The van der Waals surface area contributed by atoms with Crippen molar-refractivity contribution in [2.45, 2.75) is 30.5 Å². The minimum atomic E-state index is -4.59. The fourth-order valence-corrected chi connectivity index (χ4v) is 2.39. The van der Waals surface area contributed by atoms with E-state index in [0.717, 1.165) is 6.20 Å². The van der Waals surface area contributed by atoms with Crippen molar-refractivity contribution >= 4 is 10.0 Å². The molecule has 0 aliphatic carbocycles. The van der Waals surface area contributed by atoms with Crippen molar-refractivity contribution in [3.8, 4) is 0 Å². The van der Waals surface area contributed by atoms with Gasteiger partial charge in [0.15, 0.2) is 0 Å². The Hall–Kier alpha value is -1.02. The van der Waals surface area contributed by atoms with Gasteiger partial charge < -0.3 is 4.98 Å². The largest absolute Gasteiger partial charge is 0.404 e. The summed E-state index contributed by atoms with van der Waals surface area (Å²) in [6.45, 7) is 1.26. The van der Waals surface area contributed by atoms with Crippen molar-refractivity contribution in [2.24, 2.45) is 0 Å². The lowest BCUT2D eigenvalue weighted by atomic mass is 10.2. The summed E-state index contributed by atoms with van der Waals surface area (Å²) in [4.78, 5) is 2.25. The van der Waals surface area contributed by atoms with Gasteiger partial charge >= 0.3 is 6.18 Å². The number of nitrogens with one attached hydrogen (secondary N) is 2. The predicted molar refractivity (Wildman–Crippen MR) is 51.2 cm³/mol. The van der Waals surface area contributed by atoms with Gasteiger partial charge in [0.25, 0.3) is 0 Å². The molecule has 1 atom stereocenters. The number of aromatic amines is 1. The Labute approximate surface area is 90.9 Å². The van der Waals surface area contributed by atoms with Crippen LogP contribution in [0.5, 0.6) is 0 Å². The summed E-state index contributed by atoms with van der Waals surface area (Å²) in [6, 6.07) is -0.877. The molecule has 4 nitrogen and oxygen atoms in total. The highest BCUT2D eigenvalue weighted by Gasteiger charge is 2.40. The number of sulfonamides is 1. The smallest absolute Gasteiger partial charge is 0.366 e. The zero-order chi connectivity index (χ0) is 12.4. The van der Waals surface area contributed by atoms with Gasteiger partial charge in [0.1, 0.15) is 6.04 Å². The maximum Gasteiger partial charge on any atom is 0.404 e. The molecule has 1 unspecified atom stereocenters. The van der Waals surface area contributed by atoms with E-state index in [1.807, 2.05) is 0 Å². The van der Waals surface area contributed by atoms with Crippen molar-refractivity contribution in [2.75, 3.05) is 0 Å². The van der Waals surface area contributed by atoms with E-state index in [4.69, 9.17) is 0 Å². The minimum absolute atomic E-state index is 0.213. The number of alkyl halides is 3. The normalized spacial score (nSPS) is 15.0. The topological polar surface area (TPSA) is 62.0 Å². The Kier molecular flexibility index (Phi) is 3.64. The van der Waals surface area contributed by atoms with E-state index < -0.39 is 22.2 Å². The third kappa shape index (κ3) is 2.99. The molecule has 1 aromatic rings. The average Bonchev–Trinajstić information content (AvgIpc) is 2.65. The third-order valence-corrected chi connectivity index (χ3v) is 3.45. The monoisotopic (exact) mass is 256 g/mol. The van der Waals surface area contributed by atoms with Crippen molar-refractivity contribution in [3.63, 3.8) is 0 Å². The van der Waals surface area contributed by atoms with E-state index in [0.29, 0.717) is 0 Å². The first-order valence-electron chi connectivity index (χ1n) is 4.49. The molecule has 1 aromatic heterocycles. The van der Waals surface area contributed by atoms with E-state index in [1.54, 1.807) is 4.72 Å². The van der Waals surface area contributed by atoms with Crippen molar-refractivity contribution in [1.29, 1.82) is 0 Å². The minimum Gasteiger partial charge on any atom is -0.366 e. The molecule has 8 heteroatoms. The summed E-state index contributed by atoms with van der Waals surface area (Å²) >= 11 is 0. The molecule has 2 N–H and O–H groups in total. The molecule has 1 rings (SSSR count). The first kappa shape index (κ1) is 13.0. The lowest BCUT2D eigenvalue weighted by Gasteiger charge is -2.19. The van der Waals surface area contributed by atoms with E-state index in [9.17, 15) is 21.6 Å². The summed E-state index contributed by atoms with van der Waals surface area (Å²) in [5.41, 5.74) is 0. The number of halogens is 3. The molecule has 0 aliphatic heterocycles. The van der Waals surface area contributed by atoms with Crippen LogP contribution in [0.4, 0.5) is 13.2 Å². The summed E-state index contributed by atoms with van der Waals surface area (Å²) in [5.74, 6) is 0. The molecular formula is C8H11F3N2O2S. The molecule has 92 valence electrons. The lowest BCUT2D eigenvalue weighted by molar-refractivity contribution is -0.151. The zero-order valence-corrected chi connectivity index (χ0v) is 9.19. The van der Waals surface area contributed by atoms with Crippen LogP contribution in [0, 0.1) is 0 Å². The number of hydrogen-bond donors (Lipinski definition) is 2. The van der Waals surface area contributed by atoms with Crippen LogP contribution in [0.3, 0.4) is 0 Å². The van der Waals surface area contributed by atoms with E-state index in [-0.39, 0.29) is 11.3 Å². The Balaban J connectivity index is 2.88. The molecule has 0 aliphatic rings. The second-order valence-corrected chi connectivity index (χ2v) is 4.88. The highest BCUT2D eigenvalue weighted by atomic mass is 32.2. The quantitative estimate of drug-likeness (QED) is 0.860. The first-order chi connectivity index (χ1) is 7.27. The Morgan fingerprint density at radius 3 is 2.50 bits per heavy atom. The number of rotatable bonds is 4. The van der Waals surface area contributed by atoms with Crippen LogP contribution in [0.2, 0.25) is 0 Å². The molecule has 0 saturated carbocycles. The SMILES string of the molecule is CCC(NS(=O)(=O)c1cc[nH]c1)C(F)(F)F. The Morgan fingerprint density at radius 1 is 1.50 bits per heavy atom. The van der Waals surface area contributed by atoms with Crippen LogP contribution in [0.25, 0.3) is 0 Å². The second kappa shape index (κ2) is 4.46. The maximum absolute atomic E-state index is 12.4. The average molecular weight is 256 g/mol. The van der Waals surface area contributed by atoms with Crippen molar-refractivity contribution in [1.82, 2.24) is 9.71 Å². The van der Waals surface area contributed by atoms with Crippen LogP contribution in [0.1, 0.15) is 13.3 Å². The van der Waals surface area contributed by atoms with Crippen LogP contribution in [-0.2, 0) is 10.0 Å². The van der Waals surface area contributed by atoms with Crippen LogP contribution >= 0.6 is 0 Å². The van der Waals surface area contributed by atoms with Gasteiger partial charge in [-0.3, -0.25) is 0 Å². The first-order valence-corrected chi connectivity index (χ1v) is 5.97. The number of hydrogen-bond acceptors (Lipinski definition) is 2. The number of aromatic nitrogens is 1. The summed E-state index contributed by atoms with van der Waals surface area (Å²) in [5, 5.41) is 0. The van der Waals surface area contributed by atoms with Gasteiger partial charge in [0.05, 0.1) is 4.90 Å². The zero-order valence-electron chi connectivity index (χ0n) is 8.38. The highest BCUT2D eigenvalue weighted by molar-refractivity contribution is 7.89. The van der Waals surface area contributed by atoms with Gasteiger partial charge in [-0.15, -0.1) is 0 Å². The molecule has 1 heterocycles. The van der Waals surface area contributed by atoms with E-state index >= 15 is 0 Å². The van der Waals surface area contributed by atoms with Gasteiger partial charge in [-0.05, 0) is 12.5 Å².